The monoisotopic (exact) mass is 236 g/mol. The number of nitrogens with one attached hydrogen (secondary N) is 1. The molecule has 1 unspecified atom stereocenters. The zero-order valence-electron chi connectivity index (χ0n) is 8.87. The fourth-order valence-electron chi connectivity index (χ4n) is 1.76. The molecule has 2 rings (SSSR count). The Kier molecular flexibility index (Phi) is 3.66. The molecule has 0 saturated carbocycles. The Morgan fingerprint density at radius 3 is 3.06 bits per heavy atom. The SMILES string of the molecule is N#Cc1ccc(NCC2CCCO2)c(Cl)c1. The summed E-state index contributed by atoms with van der Waals surface area (Å²) in [7, 11) is 0. The van der Waals surface area contributed by atoms with Crippen LogP contribution in [-0.4, -0.2) is 19.3 Å². The van der Waals surface area contributed by atoms with E-state index in [2.05, 4.69) is 11.4 Å². The van der Waals surface area contributed by atoms with Crippen LogP contribution in [0.5, 0.6) is 0 Å². The lowest BCUT2D eigenvalue weighted by Gasteiger charge is -2.12. The largest absolute Gasteiger partial charge is 0.381 e. The van der Waals surface area contributed by atoms with Crippen molar-refractivity contribution in [2.75, 3.05) is 18.5 Å². The van der Waals surface area contributed by atoms with E-state index in [1.54, 1.807) is 12.1 Å². The summed E-state index contributed by atoms with van der Waals surface area (Å²) in [6, 6.07) is 7.30. The van der Waals surface area contributed by atoms with E-state index < -0.39 is 0 Å². The molecule has 0 aromatic heterocycles. The van der Waals surface area contributed by atoms with Gasteiger partial charge < -0.3 is 10.1 Å². The van der Waals surface area contributed by atoms with Gasteiger partial charge in [-0.1, -0.05) is 11.6 Å². The minimum atomic E-state index is 0.284. The van der Waals surface area contributed by atoms with Gasteiger partial charge in [0.1, 0.15) is 0 Å². The molecule has 1 aliphatic rings. The van der Waals surface area contributed by atoms with E-state index in [-0.39, 0.29) is 6.10 Å². The summed E-state index contributed by atoms with van der Waals surface area (Å²) in [5.74, 6) is 0. The molecule has 1 N–H and O–H groups in total. The van der Waals surface area contributed by atoms with Gasteiger partial charge in [0.15, 0.2) is 0 Å². The predicted molar refractivity (Wildman–Crippen MR) is 63.6 cm³/mol. The molecule has 1 fully saturated rings. The summed E-state index contributed by atoms with van der Waals surface area (Å²) in [6.45, 7) is 1.62. The Balaban J connectivity index is 1.96. The normalized spacial score (nSPS) is 19.4. The van der Waals surface area contributed by atoms with Crippen LogP contribution in [0.15, 0.2) is 18.2 Å². The number of nitriles is 1. The van der Waals surface area contributed by atoms with Crippen LogP contribution in [-0.2, 0) is 4.74 Å². The number of hydrogen-bond acceptors (Lipinski definition) is 3. The average molecular weight is 237 g/mol. The molecule has 4 heteroatoms. The standard InChI is InChI=1S/C12H13ClN2O/c13-11-6-9(7-14)3-4-12(11)15-8-10-2-1-5-16-10/h3-4,6,10,15H,1-2,5,8H2. The fraction of sp³-hybridized carbons (Fsp3) is 0.417. The molecule has 1 saturated heterocycles. The van der Waals surface area contributed by atoms with Gasteiger partial charge in [0.25, 0.3) is 0 Å². The van der Waals surface area contributed by atoms with E-state index in [1.165, 1.54) is 0 Å². The number of ether oxygens (including phenoxy) is 1. The zero-order valence-corrected chi connectivity index (χ0v) is 9.63. The van der Waals surface area contributed by atoms with E-state index in [9.17, 15) is 0 Å². The van der Waals surface area contributed by atoms with Crippen molar-refractivity contribution >= 4 is 17.3 Å². The highest BCUT2D eigenvalue weighted by Gasteiger charge is 2.15. The van der Waals surface area contributed by atoms with Crippen molar-refractivity contribution in [1.29, 1.82) is 5.26 Å². The maximum absolute atomic E-state index is 8.71. The lowest BCUT2D eigenvalue weighted by molar-refractivity contribution is 0.120. The first-order chi connectivity index (χ1) is 7.79. The molecule has 1 aromatic rings. The summed E-state index contributed by atoms with van der Waals surface area (Å²) in [4.78, 5) is 0. The average Bonchev–Trinajstić information content (AvgIpc) is 2.80. The molecular formula is C12H13ClN2O. The van der Waals surface area contributed by atoms with Gasteiger partial charge in [-0.05, 0) is 31.0 Å². The van der Waals surface area contributed by atoms with Crippen LogP contribution in [0.1, 0.15) is 18.4 Å². The molecule has 1 aromatic carbocycles. The molecule has 0 bridgehead atoms. The fourth-order valence-corrected chi connectivity index (χ4v) is 2.00. The number of hydrogen-bond donors (Lipinski definition) is 1. The first kappa shape index (κ1) is 11.3. The second-order valence-corrected chi connectivity index (χ2v) is 4.23. The molecule has 3 nitrogen and oxygen atoms in total. The maximum atomic E-state index is 8.71. The first-order valence-corrected chi connectivity index (χ1v) is 5.72. The van der Waals surface area contributed by atoms with E-state index >= 15 is 0 Å². The first-order valence-electron chi connectivity index (χ1n) is 5.35. The van der Waals surface area contributed by atoms with Crippen molar-refractivity contribution in [3.63, 3.8) is 0 Å². The highest BCUT2D eigenvalue weighted by Crippen LogP contribution is 2.23. The van der Waals surface area contributed by atoms with Crippen molar-refractivity contribution in [3.05, 3.63) is 28.8 Å². The van der Waals surface area contributed by atoms with Crippen molar-refractivity contribution in [1.82, 2.24) is 0 Å². The second-order valence-electron chi connectivity index (χ2n) is 3.82. The summed E-state index contributed by atoms with van der Waals surface area (Å²) >= 11 is 6.04. The summed E-state index contributed by atoms with van der Waals surface area (Å²) in [5.41, 5.74) is 1.43. The number of nitrogens with zero attached hydrogens (tertiary/aromatic N) is 1. The van der Waals surface area contributed by atoms with Crippen molar-refractivity contribution in [3.8, 4) is 6.07 Å². The zero-order chi connectivity index (χ0) is 11.4. The summed E-state index contributed by atoms with van der Waals surface area (Å²) < 4.78 is 5.50. The highest BCUT2D eigenvalue weighted by atomic mass is 35.5. The lowest BCUT2D eigenvalue weighted by Crippen LogP contribution is -2.18. The van der Waals surface area contributed by atoms with Crippen molar-refractivity contribution in [2.24, 2.45) is 0 Å². The van der Waals surface area contributed by atoms with Gasteiger partial charge >= 0.3 is 0 Å². The van der Waals surface area contributed by atoms with Gasteiger partial charge in [0, 0.05) is 13.2 Å². The van der Waals surface area contributed by atoms with Crippen molar-refractivity contribution in [2.45, 2.75) is 18.9 Å². The Labute approximate surface area is 100.0 Å². The number of anilines is 1. The van der Waals surface area contributed by atoms with E-state index in [0.29, 0.717) is 10.6 Å². The quantitative estimate of drug-likeness (QED) is 0.878. The van der Waals surface area contributed by atoms with E-state index in [1.807, 2.05) is 6.07 Å². The third-order valence-electron chi connectivity index (χ3n) is 2.64. The van der Waals surface area contributed by atoms with Crippen LogP contribution in [0.4, 0.5) is 5.69 Å². The van der Waals surface area contributed by atoms with E-state index in [0.717, 1.165) is 31.7 Å². The number of benzene rings is 1. The Morgan fingerprint density at radius 1 is 1.56 bits per heavy atom. The topological polar surface area (TPSA) is 45.0 Å². The molecule has 84 valence electrons. The molecule has 0 spiro atoms. The molecule has 0 aliphatic carbocycles. The molecule has 1 heterocycles. The highest BCUT2D eigenvalue weighted by molar-refractivity contribution is 6.33. The second kappa shape index (κ2) is 5.20. The van der Waals surface area contributed by atoms with Crippen LogP contribution in [0.25, 0.3) is 0 Å². The van der Waals surface area contributed by atoms with Gasteiger partial charge in [-0.15, -0.1) is 0 Å². The van der Waals surface area contributed by atoms with Crippen molar-refractivity contribution < 1.29 is 4.74 Å². The molecule has 1 aliphatic heterocycles. The van der Waals surface area contributed by atoms with E-state index in [4.69, 9.17) is 21.6 Å². The smallest absolute Gasteiger partial charge is 0.0992 e. The third-order valence-corrected chi connectivity index (χ3v) is 2.96. The molecule has 0 radical (unpaired) electrons. The minimum absolute atomic E-state index is 0.284. The third kappa shape index (κ3) is 2.66. The Morgan fingerprint density at radius 2 is 2.44 bits per heavy atom. The van der Waals surface area contributed by atoms with Crippen LogP contribution in [0.3, 0.4) is 0 Å². The Hall–Kier alpha value is -1.24. The predicted octanol–water partition coefficient (Wildman–Crippen LogP) is 2.80. The van der Waals surface area contributed by atoms with Gasteiger partial charge in [-0.25, -0.2) is 0 Å². The lowest BCUT2D eigenvalue weighted by atomic mass is 10.2. The number of halogens is 1. The maximum Gasteiger partial charge on any atom is 0.0992 e. The minimum Gasteiger partial charge on any atom is -0.381 e. The summed E-state index contributed by atoms with van der Waals surface area (Å²) in [6.07, 6.45) is 2.51. The van der Waals surface area contributed by atoms with Crippen LogP contribution >= 0.6 is 11.6 Å². The molecule has 16 heavy (non-hydrogen) atoms. The van der Waals surface area contributed by atoms with Crippen LogP contribution in [0, 0.1) is 11.3 Å². The van der Waals surface area contributed by atoms with Gasteiger partial charge in [0.05, 0.1) is 28.4 Å². The van der Waals surface area contributed by atoms with Gasteiger partial charge in [0.2, 0.25) is 0 Å². The molecule has 1 atom stereocenters. The van der Waals surface area contributed by atoms with Gasteiger partial charge in [-0.3, -0.25) is 0 Å². The number of rotatable bonds is 3. The molecular weight excluding hydrogens is 224 g/mol. The Bertz CT molecular complexity index is 408. The van der Waals surface area contributed by atoms with Crippen LogP contribution in [0.2, 0.25) is 5.02 Å². The van der Waals surface area contributed by atoms with Crippen LogP contribution < -0.4 is 5.32 Å². The van der Waals surface area contributed by atoms with Gasteiger partial charge in [-0.2, -0.15) is 5.26 Å². The molecule has 0 amide bonds. The summed E-state index contributed by atoms with van der Waals surface area (Å²) in [5, 5.41) is 12.5.